The molecule has 17 nitrogen and oxygen atoms in total. The molecule has 0 aromatic carbocycles. The number of esters is 4. The second kappa shape index (κ2) is 77.8. The fraction of sp³-hybridized carbons (Fsp3) is 0.655. The molecule has 0 spiro atoms. The van der Waals surface area contributed by atoms with Crippen LogP contribution in [0.25, 0.3) is 0 Å². The van der Waals surface area contributed by atoms with Crippen molar-refractivity contribution in [1.82, 2.24) is 0 Å². The Hall–Kier alpha value is -5.32. The third-order valence-corrected chi connectivity index (χ3v) is 18.4. The molecule has 604 valence electrons. The molecule has 0 heterocycles. The summed E-state index contributed by atoms with van der Waals surface area (Å²) in [5.41, 5.74) is 0. The Kier molecular flexibility index (Phi) is 73.9. The predicted molar refractivity (Wildman–Crippen MR) is 436 cm³/mol. The molecule has 0 aliphatic rings. The summed E-state index contributed by atoms with van der Waals surface area (Å²) in [5.74, 6) is -2.29. The molecule has 0 aromatic heterocycles. The molecular formula is C87H144O17P2. The Morgan fingerprint density at radius 2 is 0.491 bits per heavy atom. The molecule has 0 aliphatic carbocycles. The number of carbonyl (C=O) groups excluding carboxylic acids is 4. The van der Waals surface area contributed by atoms with Crippen LogP contribution in [0.2, 0.25) is 0 Å². The highest BCUT2D eigenvalue weighted by molar-refractivity contribution is 7.47. The van der Waals surface area contributed by atoms with Crippen molar-refractivity contribution in [2.24, 2.45) is 0 Å². The van der Waals surface area contributed by atoms with Crippen LogP contribution in [-0.2, 0) is 65.4 Å². The zero-order chi connectivity index (χ0) is 77.4. The van der Waals surface area contributed by atoms with Gasteiger partial charge in [-0.3, -0.25) is 37.3 Å². The van der Waals surface area contributed by atoms with Crippen LogP contribution in [0.4, 0.5) is 0 Å². The van der Waals surface area contributed by atoms with E-state index in [1.807, 2.05) is 0 Å². The summed E-state index contributed by atoms with van der Waals surface area (Å²) < 4.78 is 68.6. The lowest BCUT2D eigenvalue weighted by Gasteiger charge is -2.21. The molecule has 0 aliphatic heterocycles. The molecule has 0 radical (unpaired) electrons. The number of rotatable bonds is 75. The zero-order valence-electron chi connectivity index (χ0n) is 66.1. The van der Waals surface area contributed by atoms with Gasteiger partial charge in [0.05, 0.1) is 26.4 Å². The fourth-order valence-corrected chi connectivity index (χ4v) is 12.0. The summed E-state index contributed by atoms with van der Waals surface area (Å²) >= 11 is 0. The van der Waals surface area contributed by atoms with Crippen LogP contribution in [0.3, 0.4) is 0 Å². The van der Waals surface area contributed by atoms with Crippen molar-refractivity contribution in [2.45, 2.75) is 329 Å². The van der Waals surface area contributed by atoms with E-state index in [0.29, 0.717) is 25.7 Å². The smallest absolute Gasteiger partial charge is 0.462 e. The Morgan fingerprint density at radius 3 is 0.783 bits per heavy atom. The molecule has 3 N–H and O–H groups in total. The van der Waals surface area contributed by atoms with Gasteiger partial charge in [-0.05, 0) is 148 Å². The minimum Gasteiger partial charge on any atom is -0.462 e. The van der Waals surface area contributed by atoms with E-state index < -0.39 is 97.5 Å². The number of phosphoric acid groups is 2. The monoisotopic (exact) mass is 1520 g/mol. The van der Waals surface area contributed by atoms with E-state index >= 15 is 0 Å². The van der Waals surface area contributed by atoms with E-state index in [1.54, 1.807) is 0 Å². The number of unbranched alkanes of at least 4 members (excludes halogenated alkanes) is 23. The van der Waals surface area contributed by atoms with E-state index in [9.17, 15) is 43.2 Å². The van der Waals surface area contributed by atoms with E-state index in [1.165, 1.54) is 64.2 Å². The lowest BCUT2D eigenvalue weighted by Crippen LogP contribution is -2.30. The SMILES string of the molecule is CC/C=C\C/C=C\C/C=C\C/C=C\C/C=C\CCCCCC(=O)OCC(COP(=O)(O)OCC(O)COP(=O)(O)OCC(COC(=O)CCCC/C=C\C/C=C\C/C=C\C/C=C\CC)OC(=O)CCCCCCCCCCCCCCCCC)OC(=O)CCCCCC/C=C\C/C=C\C/C=C\C/C=C\CC. The van der Waals surface area contributed by atoms with Crippen molar-refractivity contribution >= 4 is 39.5 Å². The third kappa shape index (κ3) is 76.9. The topological polar surface area (TPSA) is 237 Å². The molecule has 0 fully saturated rings. The van der Waals surface area contributed by atoms with Gasteiger partial charge in [0.25, 0.3) is 0 Å². The van der Waals surface area contributed by atoms with Gasteiger partial charge in [-0.1, -0.05) is 295 Å². The summed E-state index contributed by atoms with van der Waals surface area (Å²) in [6, 6.07) is 0. The number of aliphatic hydroxyl groups excluding tert-OH is 1. The summed E-state index contributed by atoms with van der Waals surface area (Å²) in [5, 5.41) is 10.7. The second-order valence-corrected chi connectivity index (χ2v) is 29.5. The summed E-state index contributed by atoms with van der Waals surface area (Å²) in [6.45, 7) is 4.43. The van der Waals surface area contributed by atoms with Crippen molar-refractivity contribution in [3.63, 3.8) is 0 Å². The minimum atomic E-state index is -5.00. The van der Waals surface area contributed by atoms with Crippen LogP contribution in [-0.4, -0.2) is 96.7 Å². The maximum atomic E-state index is 13.1. The lowest BCUT2D eigenvalue weighted by atomic mass is 10.0. The van der Waals surface area contributed by atoms with Gasteiger partial charge in [0, 0.05) is 25.7 Å². The van der Waals surface area contributed by atoms with Crippen LogP contribution < -0.4 is 0 Å². The molecule has 0 aromatic rings. The fourth-order valence-electron chi connectivity index (χ4n) is 10.4. The van der Waals surface area contributed by atoms with E-state index in [4.69, 9.17) is 37.0 Å². The summed E-state index contributed by atoms with van der Waals surface area (Å²) in [7, 11) is -10.00. The number of aliphatic hydroxyl groups is 1. The van der Waals surface area contributed by atoms with Crippen molar-refractivity contribution in [3.05, 3.63) is 158 Å². The van der Waals surface area contributed by atoms with E-state index in [-0.39, 0.29) is 25.7 Å². The number of allylic oxidation sites excluding steroid dienone is 26. The van der Waals surface area contributed by atoms with Crippen LogP contribution in [0.15, 0.2) is 158 Å². The van der Waals surface area contributed by atoms with E-state index in [2.05, 4.69) is 186 Å². The molecule has 0 rings (SSSR count). The van der Waals surface area contributed by atoms with Gasteiger partial charge in [-0.25, -0.2) is 9.13 Å². The Balaban J connectivity index is 5.46. The molecule has 19 heteroatoms. The molecule has 0 saturated heterocycles. The van der Waals surface area contributed by atoms with Crippen molar-refractivity contribution < 1.29 is 80.2 Å². The first-order valence-electron chi connectivity index (χ1n) is 40.7. The number of hydrogen-bond donors (Lipinski definition) is 3. The molecule has 5 unspecified atom stereocenters. The molecule has 106 heavy (non-hydrogen) atoms. The van der Waals surface area contributed by atoms with Crippen molar-refractivity contribution in [1.29, 1.82) is 0 Å². The highest BCUT2D eigenvalue weighted by Crippen LogP contribution is 2.45. The highest BCUT2D eigenvalue weighted by Gasteiger charge is 2.30. The lowest BCUT2D eigenvalue weighted by molar-refractivity contribution is -0.161. The molecular weight excluding hydrogens is 1380 g/mol. The average Bonchev–Trinajstić information content (AvgIpc) is 0.902. The molecule has 5 atom stereocenters. The zero-order valence-corrected chi connectivity index (χ0v) is 67.8. The van der Waals surface area contributed by atoms with Gasteiger partial charge in [0.15, 0.2) is 12.2 Å². The first-order chi connectivity index (χ1) is 51.7. The van der Waals surface area contributed by atoms with Gasteiger partial charge >= 0.3 is 39.5 Å². The number of carbonyl (C=O) groups is 4. The van der Waals surface area contributed by atoms with Crippen molar-refractivity contribution in [2.75, 3.05) is 39.6 Å². The van der Waals surface area contributed by atoms with Crippen LogP contribution in [0, 0.1) is 0 Å². The molecule has 0 bridgehead atoms. The first kappa shape index (κ1) is 101. The van der Waals surface area contributed by atoms with Gasteiger partial charge in [0.2, 0.25) is 0 Å². The minimum absolute atomic E-state index is 0.0532. The normalized spacial score (nSPS) is 14.7. The average molecular weight is 1520 g/mol. The maximum absolute atomic E-state index is 13.1. The van der Waals surface area contributed by atoms with Gasteiger partial charge < -0.3 is 33.8 Å². The third-order valence-electron chi connectivity index (χ3n) is 16.5. The number of hydrogen-bond acceptors (Lipinski definition) is 15. The van der Waals surface area contributed by atoms with Gasteiger partial charge in [-0.15, -0.1) is 0 Å². The standard InChI is InChI=1S/C87H144O17P2/c1-5-9-13-17-21-25-29-33-37-39-40-42-45-48-52-56-60-64-68-72-85(90)98-78-83(104-87(92)74-70-66-62-58-54-50-46-41-38-34-30-26-22-18-14-10-6-2)80-102-106(95,96)100-76-81(88)75-99-105(93,94)101-79-82(103-86(91)73-69-65-61-57-53-49-44-36-32-28-24-20-16-12-8-4)77-97-84(89)71-67-63-59-55-51-47-43-35-31-27-23-19-15-11-7-3/h9-11,13-15,21-23,25-27,33-35,37-38,40,42-43,46,48,50-52,55,81-83,88H,5-8,12,16-20,24,28-32,36,39,41,44-45,47,49,53-54,56-80H2,1-4H3,(H,93,94)(H,95,96)/b13-9-,14-10-,15-11-,25-21-,26-22-,27-23-,37-33-,38-34-,42-40-,43-35-,50-46-,52-48-,55-51-. The second-order valence-electron chi connectivity index (χ2n) is 26.6. The number of ether oxygens (including phenoxy) is 4. The summed E-state index contributed by atoms with van der Waals surface area (Å²) in [4.78, 5) is 73.1. The molecule has 0 saturated carbocycles. The Labute approximate surface area is 642 Å². The Morgan fingerprint density at radius 1 is 0.274 bits per heavy atom. The Bertz CT molecular complexity index is 2630. The maximum Gasteiger partial charge on any atom is 0.472 e. The van der Waals surface area contributed by atoms with Crippen LogP contribution in [0.5, 0.6) is 0 Å². The first-order valence-corrected chi connectivity index (χ1v) is 43.7. The van der Waals surface area contributed by atoms with Crippen LogP contribution in [0.1, 0.15) is 310 Å². The van der Waals surface area contributed by atoms with E-state index in [0.717, 1.165) is 167 Å². The quantitative estimate of drug-likeness (QED) is 0.0169. The van der Waals surface area contributed by atoms with Gasteiger partial charge in [0.1, 0.15) is 19.3 Å². The highest BCUT2D eigenvalue weighted by atomic mass is 31.2. The van der Waals surface area contributed by atoms with Gasteiger partial charge in [-0.2, -0.15) is 0 Å². The predicted octanol–water partition coefficient (Wildman–Crippen LogP) is 24.0. The number of phosphoric ester groups is 2. The van der Waals surface area contributed by atoms with Crippen molar-refractivity contribution in [3.8, 4) is 0 Å². The van der Waals surface area contributed by atoms with Crippen LogP contribution >= 0.6 is 15.6 Å². The molecule has 0 amide bonds. The summed E-state index contributed by atoms with van der Waals surface area (Å²) in [6.07, 6.45) is 90.8. The largest absolute Gasteiger partial charge is 0.472 e.